The van der Waals surface area contributed by atoms with Gasteiger partial charge in [-0.3, -0.25) is 0 Å². The summed E-state index contributed by atoms with van der Waals surface area (Å²) < 4.78 is 0. The van der Waals surface area contributed by atoms with Crippen molar-refractivity contribution in [2.45, 2.75) is 52.5 Å². The maximum atomic E-state index is 4.02. The lowest BCUT2D eigenvalue weighted by Crippen LogP contribution is -2.38. The number of nitrogens with one attached hydrogen (secondary N) is 1. The molecule has 1 N–H and O–H groups in total. The number of hydrogen-bond acceptors (Lipinski definition) is 1. The molecule has 1 nitrogen and oxygen atoms in total. The van der Waals surface area contributed by atoms with Crippen LogP contribution in [-0.4, -0.2) is 12.6 Å². The molecule has 0 radical (unpaired) electrons. The van der Waals surface area contributed by atoms with Crippen LogP contribution in [0.3, 0.4) is 0 Å². The van der Waals surface area contributed by atoms with E-state index in [1.54, 1.807) is 0 Å². The fraction of sp³-hybridized carbons (Fsp3) is 0.833. The third-order valence-corrected chi connectivity index (χ3v) is 3.36. The Morgan fingerprint density at radius 2 is 2.23 bits per heavy atom. The predicted octanol–water partition coefficient (Wildman–Crippen LogP) is 3.12. The van der Waals surface area contributed by atoms with Crippen LogP contribution in [-0.2, 0) is 0 Å². The highest BCUT2D eigenvalue weighted by Crippen LogP contribution is 2.37. The van der Waals surface area contributed by atoms with Gasteiger partial charge in [-0.05, 0) is 24.7 Å². The van der Waals surface area contributed by atoms with Crippen molar-refractivity contribution in [2.24, 2.45) is 5.41 Å². The van der Waals surface area contributed by atoms with Crippen LogP contribution < -0.4 is 5.32 Å². The average molecular weight is 181 g/mol. The molecule has 1 fully saturated rings. The van der Waals surface area contributed by atoms with Crippen LogP contribution in [0.2, 0.25) is 0 Å². The van der Waals surface area contributed by atoms with E-state index in [4.69, 9.17) is 0 Å². The first-order valence-corrected chi connectivity index (χ1v) is 5.46. The fourth-order valence-corrected chi connectivity index (χ4v) is 2.10. The molecular weight excluding hydrogens is 158 g/mol. The maximum absolute atomic E-state index is 4.02. The molecule has 1 aliphatic carbocycles. The highest BCUT2D eigenvalue weighted by atomic mass is 14.9. The van der Waals surface area contributed by atoms with Gasteiger partial charge in [0, 0.05) is 12.6 Å². The maximum Gasteiger partial charge on any atom is 0.0164 e. The lowest BCUT2D eigenvalue weighted by molar-refractivity contribution is 0.289. The van der Waals surface area contributed by atoms with Crippen LogP contribution in [0.5, 0.6) is 0 Å². The summed E-state index contributed by atoms with van der Waals surface area (Å²) in [6.45, 7) is 11.9. The van der Waals surface area contributed by atoms with E-state index in [2.05, 4.69) is 32.7 Å². The first kappa shape index (κ1) is 10.8. The molecule has 0 bridgehead atoms. The molecule has 0 heterocycles. The van der Waals surface area contributed by atoms with Gasteiger partial charge in [-0.2, -0.15) is 0 Å². The van der Waals surface area contributed by atoms with Gasteiger partial charge in [-0.15, -0.1) is 0 Å². The SMILES string of the molecule is C=C(CC)CNC1CCCC1(C)C. The molecule has 1 saturated carbocycles. The summed E-state index contributed by atoms with van der Waals surface area (Å²) in [6, 6.07) is 0.704. The van der Waals surface area contributed by atoms with Gasteiger partial charge in [-0.1, -0.05) is 39.3 Å². The van der Waals surface area contributed by atoms with E-state index in [0.717, 1.165) is 13.0 Å². The first-order chi connectivity index (χ1) is 6.06. The Bertz CT molecular complexity index is 182. The third kappa shape index (κ3) is 2.84. The molecule has 0 aliphatic heterocycles. The minimum Gasteiger partial charge on any atom is -0.310 e. The Morgan fingerprint density at radius 3 is 2.69 bits per heavy atom. The molecule has 1 unspecified atom stereocenters. The molecule has 76 valence electrons. The molecule has 0 spiro atoms. The Morgan fingerprint density at radius 1 is 1.54 bits per heavy atom. The summed E-state index contributed by atoms with van der Waals surface area (Å²) in [4.78, 5) is 0. The largest absolute Gasteiger partial charge is 0.310 e. The van der Waals surface area contributed by atoms with Crippen molar-refractivity contribution in [1.82, 2.24) is 5.32 Å². The molecule has 0 aromatic carbocycles. The van der Waals surface area contributed by atoms with Crippen LogP contribution in [0.1, 0.15) is 46.5 Å². The summed E-state index contributed by atoms with van der Waals surface area (Å²) in [5, 5.41) is 3.62. The zero-order valence-corrected chi connectivity index (χ0v) is 9.32. The van der Waals surface area contributed by atoms with Crippen molar-refractivity contribution in [3.05, 3.63) is 12.2 Å². The van der Waals surface area contributed by atoms with E-state index in [1.807, 2.05) is 0 Å². The van der Waals surface area contributed by atoms with E-state index < -0.39 is 0 Å². The van der Waals surface area contributed by atoms with Gasteiger partial charge in [0.05, 0.1) is 0 Å². The lowest BCUT2D eigenvalue weighted by atomic mass is 9.87. The van der Waals surface area contributed by atoms with Crippen molar-refractivity contribution in [2.75, 3.05) is 6.54 Å². The number of rotatable bonds is 4. The van der Waals surface area contributed by atoms with E-state index in [1.165, 1.54) is 24.8 Å². The van der Waals surface area contributed by atoms with E-state index in [0.29, 0.717) is 11.5 Å². The molecule has 13 heavy (non-hydrogen) atoms. The van der Waals surface area contributed by atoms with Crippen molar-refractivity contribution in [3.63, 3.8) is 0 Å². The van der Waals surface area contributed by atoms with Gasteiger partial charge in [0.15, 0.2) is 0 Å². The van der Waals surface area contributed by atoms with Crippen LogP contribution in [0.25, 0.3) is 0 Å². The normalized spacial score (nSPS) is 26.2. The quantitative estimate of drug-likeness (QED) is 0.657. The van der Waals surface area contributed by atoms with Crippen LogP contribution in [0.4, 0.5) is 0 Å². The average Bonchev–Trinajstić information content (AvgIpc) is 2.41. The predicted molar refractivity (Wildman–Crippen MR) is 58.9 cm³/mol. The smallest absolute Gasteiger partial charge is 0.0164 e. The summed E-state index contributed by atoms with van der Waals surface area (Å²) >= 11 is 0. The van der Waals surface area contributed by atoms with Gasteiger partial charge < -0.3 is 5.32 Å². The minimum absolute atomic E-state index is 0.494. The second-order valence-corrected chi connectivity index (χ2v) is 4.92. The van der Waals surface area contributed by atoms with Crippen molar-refractivity contribution < 1.29 is 0 Å². The van der Waals surface area contributed by atoms with Crippen molar-refractivity contribution >= 4 is 0 Å². The molecule has 0 aromatic rings. The Hall–Kier alpha value is -0.300. The fourth-order valence-electron chi connectivity index (χ4n) is 2.10. The number of hydrogen-bond donors (Lipinski definition) is 1. The summed E-state index contributed by atoms with van der Waals surface area (Å²) in [6.07, 6.45) is 5.18. The molecule has 0 saturated heterocycles. The monoisotopic (exact) mass is 181 g/mol. The summed E-state index contributed by atoms with van der Waals surface area (Å²) in [5.74, 6) is 0. The Labute approximate surface area is 82.6 Å². The second kappa shape index (κ2) is 4.28. The molecule has 1 rings (SSSR count). The molecule has 1 heteroatoms. The van der Waals surface area contributed by atoms with Crippen molar-refractivity contribution in [3.8, 4) is 0 Å². The topological polar surface area (TPSA) is 12.0 Å². The zero-order chi connectivity index (χ0) is 9.90. The third-order valence-electron chi connectivity index (χ3n) is 3.36. The molecule has 1 atom stereocenters. The van der Waals surface area contributed by atoms with Crippen LogP contribution >= 0.6 is 0 Å². The Kier molecular flexibility index (Phi) is 3.55. The van der Waals surface area contributed by atoms with Crippen LogP contribution in [0, 0.1) is 5.41 Å². The van der Waals surface area contributed by atoms with E-state index in [-0.39, 0.29) is 0 Å². The minimum atomic E-state index is 0.494. The highest BCUT2D eigenvalue weighted by molar-refractivity contribution is 4.99. The van der Waals surface area contributed by atoms with Crippen LogP contribution in [0.15, 0.2) is 12.2 Å². The Balaban J connectivity index is 2.33. The highest BCUT2D eigenvalue weighted by Gasteiger charge is 2.33. The van der Waals surface area contributed by atoms with Gasteiger partial charge >= 0.3 is 0 Å². The van der Waals surface area contributed by atoms with E-state index >= 15 is 0 Å². The molecular formula is C12H23N. The zero-order valence-electron chi connectivity index (χ0n) is 9.32. The van der Waals surface area contributed by atoms with Gasteiger partial charge in [0.1, 0.15) is 0 Å². The molecule has 1 aliphatic rings. The molecule has 0 amide bonds. The van der Waals surface area contributed by atoms with Crippen molar-refractivity contribution in [1.29, 1.82) is 0 Å². The lowest BCUT2D eigenvalue weighted by Gasteiger charge is -2.28. The molecule has 0 aromatic heterocycles. The van der Waals surface area contributed by atoms with Gasteiger partial charge in [0.2, 0.25) is 0 Å². The first-order valence-electron chi connectivity index (χ1n) is 5.46. The second-order valence-electron chi connectivity index (χ2n) is 4.92. The standard InChI is InChI=1S/C12H23N/c1-5-10(2)9-13-11-7-6-8-12(11,3)4/h11,13H,2,5-9H2,1,3-4H3. The van der Waals surface area contributed by atoms with E-state index in [9.17, 15) is 0 Å². The van der Waals surface area contributed by atoms with Gasteiger partial charge in [-0.25, -0.2) is 0 Å². The van der Waals surface area contributed by atoms with Gasteiger partial charge in [0.25, 0.3) is 0 Å². The summed E-state index contributed by atoms with van der Waals surface area (Å²) in [5.41, 5.74) is 1.82. The summed E-state index contributed by atoms with van der Waals surface area (Å²) in [7, 11) is 0.